The van der Waals surface area contributed by atoms with Crippen LogP contribution in [0.25, 0.3) is 0 Å². The molecule has 15 nitrogen and oxygen atoms in total. The number of amides is 4. The van der Waals surface area contributed by atoms with Crippen molar-refractivity contribution in [2.75, 3.05) is 40.5 Å². The summed E-state index contributed by atoms with van der Waals surface area (Å²) in [6, 6.07) is 5.21. The van der Waals surface area contributed by atoms with Gasteiger partial charge in [0.25, 0.3) is 5.91 Å². The summed E-state index contributed by atoms with van der Waals surface area (Å²) in [5, 5.41) is 30.8. The van der Waals surface area contributed by atoms with E-state index in [9.17, 15) is 34.2 Å². The van der Waals surface area contributed by atoms with Crippen LogP contribution in [0.3, 0.4) is 0 Å². The maximum Gasteiger partial charge on any atom is 0.409 e. The Bertz CT molecular complexity index is 1540. The van der Waals surface area contributed by atoms with Gasteiger partial charge in [-0.05, 0) is 75.2 Å². The van der Waals surface area contributed by atoms with Gasteiger partial charge >= 0.3 is 12.1 Å². The van der Waals surface area contributed by atoms with Crippen LogP contribution in [0.4, 0.5) is 10.5 Å². The van der Waals surface area contributed by atoms with E-state index in [1.807, 2.05) is 46.9 Å². The van der Waals surface area contributed by atoms with Gasteiger partial charge in [-0.2, -0.15) is 0 Å². The number of nitrogens with zero attached hydrogens (tertiary/aromatic N) is 3. The van der Waals surface area contributed by atoms with Crippen LogP contribution in [0.15, 0.2) is 29.6 Å². The van der Waals surface area contributed by atoms with Crippen molar-refractivity contribution < 1.29 is 38.9 Å². The van der Waals surface area contributed by atoms with E-state index in [-0.39, 0.29) is 42.7 Å². The zero-order valence-electron chi connectivity index (χ0n) is 33.8. The number of hydrogen-bond donors (Lipinski definition) is 6. The molecular formula is C39H63N7O8S. The molecule has 0 saturated heterocycles. The number of aromatic nitrogens is 1. The summed E-state index contributed by atoms with van der Waals surface area (Å²) in [4.78, 5) is 72.8. The normalized spacial score (nSPS) is 15.2. The fraction of sp³-hybridized carbons (Fsp3) is 0.641. The summed E-state index contributed by atoms with van der Waals surface area (Å²) in [7, 11) is 6.57. The number of benzene rings is 1. The van der Waals surface area contributed by atoms with Crippen LogP contribution < -0.4 is 21.7 Å². The third-order valence-electron chi connectivity index (χ3n) is 9.80. The van der Waals surface area contributed by atoms with Crippen molar-refractivity contribution in [1.29, 1.82) is 0 Å². The lowest BCUT2D eigenvalue weighted by Gasteiger charge is -2.37. The fourth-order valence-corrected chi connectivity index (χ4v) is 6.91. The average molecular weight is 790 g/mol. The highest BCUT2D eigenvalue weighted by Crippen LogP contribution is 2.31. The predicted octanol–water partition coefficient (Wildman–Crippen LogP) is 4.07. The molecule has 2 aromatic rings. The van der Waals surface area contributed by atoms with E-state index in [4.69, 9.17) is 10.5 Å². The molecule has 0 bridgehead atoms. The number of nitrogen functional groups attached to an aromatic ring is 1. The summed E-state index contributed by atoms with van der Waals surface area (Å²) >= 11 is 1.13. The smallest absolute Gasteiger partial charge is 0.409 e. The molecule has 1 aromatic carbocycles. The zero-order valence-corrected chi connectivity index (χ0v) is 34.7. The number of anilines is 1. The zero-order chi connectivity index (χ0) is 41.4. The van der Waals surface area contributed by atoms with Gasteiger partial charge in [-0.1, -0.05) is 53.2 Å². The highest BCUT2D eigenvalue weighted by atomic mass is 32.1. The molecule has 0 aliphatic carbocycles. The number of carbonyl (C=O) groups excluding carboxylic acids is 4. The Hall–Kier alpha value is -4.28. The van der Waals surface area contributed by atoms with E-state index in [0.29, 0.717) is 30.0 Å². The van der Waals surface area contributed by atoms with Gasteiger partial charge in [0.15, 0.2) is 6.10 Å². The number of carbonyl (C=O) groups is 5. The van der Waals surface area contributed by atoms with Crippen LogP contribution in [0, 0.1) is 17.8 Å². The van der Waals surface area contributed by atoms with Gasteiger partial charge in [0.1, 0.15) is 22.8 Å². The Kier molecular flexibility index (Phi) is 19.6. The Morgan fingerprint density at radius 3 is 2.20 bits per heavy atom. The number of ether oxygens (including phenoxy) is 1. The highest BCUT2D eigenvalue weighted by Gasteiger charge is 2.36. The van der Waals surface area contributed by atoms with Gasteiger partial charge in [0.05, 0.1) is 5.92 Å². The number of nitrogens with two attached hydrogens (primary N) is 1. The number of thiazole rings is 1. The van der Waals surface area contributed by atoms with Crippen LogP contribution in [0.1, 0.15) is 100 Å². The number of likely N-dealkylation sites (N-methyl/N-ethyl adjacent to an activating group) is 1. The van der Waals surface area contributed by atoms with Gasteiger partial charge in [-0.25, -0.2) is 9.78 Å². The Labute approximate surface area is 329 Å². The first kappa shape index (κ1) is 46.9. The van der Waals surface area contributed by atoms with E-state index in [2.05, 4.69) is 20.9 Å². The summed E-state index contributed by atoms with van der Waals surface area (Å²) in [6.45, 7) is 10.0. The number of carboxylic acids is 1. The van der Waals surface area contributed by atoms with E-state index in [1.165, 1.54) is 4.90 Å². The van der Waals surface area contributed by atoms with Crippen molar-refractivity contribution in [3.8, 4) is 0 Å². The molecule has 55 heavy (non-hydrogen) atoms. The molecule has 7 unspecified atom stereocenters. The van der Waals surface area contributed by atoms with Gasteiger partial charge in [-0.3, -0.25) is 19.2 Å². The van der Waals surface area contributed by atoms with Gasteiger partial charge < -0.3 is 46.4 Å². The van der Waals surface area contributed by atoms with Crippen molar-refractivity contribution in [3.05, 3.63) is 45.9 Å². The SMILES string of the molecule is CCC(C)C(NC(=O)C(O)CCCCNC)C(=O)N(C)C(CC(OC(=O)N(C)C)c1nc(C(=O)NC(Cc2ccc(N)cc2)CC(C)C(=O)O)cs1)C(C)C. The minimum absolute atomic E-state index is 0.0748. The van der Waals surface area contributed by atoms with Crippen molar-refractivity contribution in [2.45, 2.75) is 110 Å². The first-order valence-electron chi connectivity index (χ1n) is 19.0. The molecule has 308 valence electrons. The minimum atomic E-state index is -1.25. The largest absolute Gasteiger partial charge is 0.481 e. The van der Waals surface area contributed by atoms with Crippen LogP contribution in [-0.2, 0) is 25.5 Å². The van der Waals surface area contributed by atoms with Crippen molar-refractivity contribution in [2.24, 2.45) is 17.8 Å². The van der Waals surface area contributed by atoms with Crippen molar-refractivity contribution >= 4 is 46.8 Å². The van der Waals surface area contributed by atoms with Crippen LogP contribution in [0.2, 0.25) is 0 Å². The molecule has 0 aliphatic rings. The molecule has 0 fully saturated rings. The number of hydrogen-bond acceptors (Lipinski definition) is 11. The van der Waals surface area contributed by atoms with Crippen LogP contribution in [-0.4, -0.2) is 114 Å². The quantitative estimate of drug-likeness (QED) is 0.0697. The Balaban J connectivity index is 2.36. The fourth-order valence-electron chi connectivity index (χ4n) is 6.07. The van der Waals surface area contributed by atoms with E-state index < -0.39 is 60.1 Å². The Morgan fingerprint density at radius 1 is 0.982 bits per heavy atom. The minimum Gasteiger partial charge on any atom is -0.481 e. The molecule has 0 aliphatic heterocycles. The van der Waals surface area contributed by atoms with Gasteiger partial charge in [0, 0.05) is 50.7 Å². The standard InChI is InChI=1S/C39H63N7O8S/c1-10-24(4)33(44-35(49)31(47)13-11-12-18-41-6)37(50)46(9)30(23(2)3)21-32(54-39(53)45(7)8)36-43-29(22-55-36)34(48)42-28(19-25(5)38(51)52)20-26-14-16-27(40)17-15-26/h14-17,22-25,28,30-33,41,47H,10-13,18-21,40H2,1-9H3,(H,42,48)(H,44,49)(H,51,52). The van der Waals surface area contributed by atoms with Crippen LogP contribution in [0.5, 0.6) is 0 Å². The lowest BCUT2D eigenvalue weighted by molar-refractivity contribution is -0.142. The molecule has 16 heteroatoms. The first-order valence-corrected chi connectivity index (χ1v) is 19.9. The first-order chi connectivity index (χ1) is 25.9. The third-order valence-corrected chi connectivity index (χ3v) is 10.7. The summed E-state index contributed by atoms with van der Waals surface area (Å²) in [6.07, 6.45) is 0.170. The molecule has 0 spiro atoms. The molecular weight excluding hydrogens is 727 g/mol. The summed E-state index contributed by atoms with van der Waals surface area (Å²) in [5.41, 5.74) is 7.36. The number of unbranched alkanes of at least 4 members (excludes halogenated alkanes) is 1. The van der Waals surface area contributed by atoms with Crippen molar-refractivity contribution in [1.82, 2.24) is 30.7 Å². The lowest BCUT2D eigenvalue weighted by atomic mass is 9.93. The van der Waals surface area contributed by atoms with Gasteiger partial charge in [-0.15, -0.1) is 11.3 Å². The molecule has 4 amide bonds. The molecule has 7 atom stereocenters. The number of carboxylic acid groups (broad SMARTS) is 1. The maximum absolute atomic E-state index is 14.2. The van der Waals surface area contributed by atoms with E-state index in [0.717, 1.165) is 29.9 Å². The second-order valence-electron chi connectivity index (χ2n) is 14.9. The molecule has 7 N–H and O–H groups in total. The maximum atomic E-state index is 14.2. The summed E-state index contributed by atoms with van der Waals surface area (Å²) in [5.74, 6) is -3.53. The van der Waals surface area contributed by atoms with Crippen molar-refractivity contribution in [3.63, 3.8) is 0 Å². The third kappa shape index (κ3) is 15.1. The molecule has 0 saturated carbocycles. The molecule has 0 radical (unpaired) electrons. The topological polar surface area (TPSA) is 217 Å². The lowest BCUT2D eigenvalue weighted by Crippen LogP contribution is -2.55. The number of aliphatic hydroxyl groups excluding tert-OH is 1. The molecule has 1 aromatic heterocycles. The number of aliphatic carboxylic acids is 1. The monoisotopic (exact) mass is 789 g/mol. The number of rotatable bonds is 23. The van der Waals surface area contributed by atoms with E-state index in [1.54, 1.807) is 50.5 Å². The average Bonchev–Trinajstić information content (AvgIpc) is 3.64. The van der Waals surface area contributed by atoms with Gasteiger partial charge in [0.2, 0.25) is 11.8 Å². The second-order valence-corrected chi connectivity index (χ2v) is 15.8. The second kappa shape index (κ2) is 22.9. The summed E-state index contributed by atoms with van der Waals surface area (Å²) < 4.78 is 5.91. The molecule has 1 heterocycles. The van der Waals surface area contributed by atoms with Crippen LogP contribution >= 0.6 is 11.3 Å². The Morgan fingerprint density at radius 2 is 1.64 bits per heavy atom. The number of nitrogens with one attached hydrogen (secondary N) is 3. The highest BCUT2D eigenvalue weighted by molar-refractivity contribution is 7.09. The molecule has 2 rings (SSSR count). The van der Waals surface area contributed by atoms with E-state index >= 15 is 0 Å². The number of aliphatic hydroxyl groups is 1. The predicted molar refractivity (Wildman–Crippen MR) is 213 cm³/mol.